The lowest BCUT2D eigenvalue weighted by molar-refractivity contribution is -0.121. The van der Waals surface area contributed by atoms with Gasteiger partial charge in [0.2, 0.25) is 5.91 Å². The Kier molecular flexibility index (Phi) is 10.3. The number of carbonyl (C=O) groups is 2. The second-order valence-corrected chi connectivity index (χ2v) is 8.90. The molecule has 0 aliphatic rings. The number of nitrogens with one attached hydrogen (secondary N) is 2. The van der Waals surface area contributed by atoms with Gasteiger partial charge in [-0.05, 0) is 73.7 Å². The third-order valence-corrected chi connectivity index (χ3v) is 5.96. The van der Waals surface area contributed by atoms with Crippen LogP contribution in [0.5, 0.6) is 11.5 Å². The molecule has 0 aromatic heterocycles. The second kappa shape index (κ2) is 13.8. The first kappa shape index (κ1) is 28.2. The number of hydrazone groups is 1. The van der Waals surface area contributed by atoms with E-state index in [9.17, 15) is 9.59 Å². The van der Waals surface area contributed by atoms with Crippen LogP contribution in [0.15, 0.2) is 65.8 Å². The maximum absolute atomic E-state index is 12.6. The third-order valence-electron chi connectivity index (χ3n) is 5.96. The summed E-state index contributed by atoms with van der Waals surface area (Å²) in [6.45, 7) is 8.64. The van der Waals surface area contributed by atoms with E-state index in [4.69, 9.17) is 14.2 Å². The molecule has 0 saturated carbocycles. The van der Waals surface area contributed by atoms with E-state index in [1.54, 1.807) is 20.1 Å². The van der Waals surface area contributed by atoms with Gasteiger partial charge in [0.15, 0.2) is 11.5 Å². The molecule has 3 aromatic rings. The first-order valence-electron chi connectivity index (χ1n) is 12.5. The fraction of sp³-hybridized carbons (Fsp3) is 0.300. The molecule has 0 spiro atoms. The van der Waals surface area contributed by atoms with Crippen LogP contribution < -0.4 is 20.2 Å². The fourth-order valence-corrected chi connectivity index (χ4v) is 4.13. The van der Waals surface area contributed by atoms with Crippen molar-refractivity contribution in [2.75, 3.05) is 13.7 Å². The molecule has 200 valence electrons. The Bertz CT molecular complexity index is 1250. The smallest absolute Gasteiger partial charge is 0.407 e. The van der Waals surface area contributed by atoms with Crippen molar-refractivity contribution >= 4 is 18.2 Å². The van der Waals surface area contributed by atoms with E-state index < -0.39 is 12.1 Å². The van der Waals surface area contributed by atoms with E-state index >= 15 is 0 Å². The summed E-state index contributed by atoms with van der Waals surface area (Å²) in [7, 11) is 1.58. The number of amides is 2. The van der Waals surface area contributed by atoms with Crippen LogP contribution in [0.25, 0.3) is 0 Å². The van der Waals surface area contributed by atoms with Crippen molar-refractivity contribution in [3.8, 4) is 11.5 Å². The van der Waals surface area contributed by atoms with Crippen molar-refractivity contribution in [1.82, 2.24) is 10.7 Å². The number of hydrogen-bond donors (Lipinski definition) is 2. The largest absolute Gasteiger partial charge is 0.493 e. The summed E-state index contributed by atoms with van der Waals surface area (Å²) >= 11 is 0. The van der Waals surface area contributed by atoms with Gasteiger partial charge in [-0.25, -0.2) is 10.2 Å². The first-order valence-corrected chi connectivity index (χ1v) is 12.5. The van der Waals surface area contributed by atoms with Gasteiger partial charge in [-0.2, -0.15) is 5.10 Å². The maximum Gasteiger partial charge on any atom is 0.407 e. The molecule has 3 aromatic carbocycles. The number of aryl methyl sites for hydroxylation is 3. The number of methoxy groups -OCH3 is 1. The van der Waals surface area contributed by atoms with E-state index in [2.05, 4.69) is 48.7 Å². The van der Waals surface area contributed by atoms with Gasteiger partial charge in [-0.1, -0.05) is 48.0 Å². The van der Waals surface area contributed by atoms with Crippen LogP contribution in [0.2, 0.25) is 0 Å². The predicted molar refractivity (Wildman–Crippen MR) is 148 cm³/mol. The van der Waals surface area contributed by atoms with Gasteiger partial charge >= 0.3 is 6.09 Å². The second-order valence-electron chi connectivity index (χ2n) is 8.90. The molecule has 0 aliphatic carbocycles. The average molecular weight is 518 g/mol. The van der Waals surface area contributed by atoms with Crippen LogP contribution in [0.3, 0.4) is 0 Å². The zero-order valence-corrected chi connectivity index (χ0v) is 22.5. The highest BCUT2D eigenvalue weighted by molar-refractivity contribution is 5.83. The number of nitrogens with zero attached hydrogens (tertiary/aromatic N) is 1. The Morgan fingerprint density at radius 1 is 0.974 bits per heavy atom. The molecule has 1 atom stereocenters. The van der Waals surface area contributed by atoms with Crippen LogP contribution in [-0.4, -0.2) is 31.9 Å². The van der Waals surface area contributed by atoms with Crippen molar-refractivity contribution < 1.29 is 23.8 Å². The molecule has 3 rings (SSSR count). The van der Waals surface area contributed by atoms with Crippen molar-refractivity contribution in [3.63, 3.8) is 0 Å². The van der Waals surface area contributed by atoms with Crippen molar-refractivity contribution in [2.24, 2.45) is 5.10 Å². The van der Waals surface area contributed by atoms with Crippen LogP contribution in [-0.2, 0) is 16.1 Å². The Morgan fingerprint density at radius 3 is 2.34 bits per heavy atom. The predicted octanol–water partition coefficient (Wildman–Crippen LogP) is 5.53. The number of ether oxygens (including phenoxy) is 3. The molecule has 0 saturated heterocycles. The van der Waals surface area contributed by atoms with Gasteiger partial charge < -0.3 is 19.5 Å². The highest BCUT2D eigenvalue weighted by Crippen LogP contribution is 2.29. The monoisotopic (exact) mass is 517 g/mol. The summed E-state index contributed by atoms with van der Waals surface area (Å²) < 4.78 is 16.5. The lowest BCUT2D eigenvalue weighted by Crippen LogP contribution is -2.33. The Labute approximate surface area is 224 Å². The van der Waals surface area contributed by atoms with Crippen LogP contribution in [0.4, 0.5) is 4.79 Å². The highest BCUT2D eigenvalue weighted by atomic mass is 16.5. The van der Waals surface area contributed by atoms with Crippen molar-refractivity contribution in [1.29, 1.82) is 0 Å². The van der Waals surface area contributed by atoms with Gasteiger partial charge in [-0.3, -0.25) is 4.79 Å². The molecule has 0 aliphatic heterocycles. The zero-order chi connectivity index (χ0) is 27.5. The van der Waals surface area contributed by atoms with Crippen molar-refractivity contribution in [2.45, 2.75) is 46.8 Å². The normalized spacial score (nSPS) is 11.6. The molecule has 2 amide bonds. The number of hydrogen-bond acceptors (Lipinski definition) is 6. The first-order chi connectivity index (χ1) is 18.3. The topological polar surface area (TPSA) is 98.2 Å². The SMILES string of the molecule is CCOC(=O)N[C@H](CC(=O)N/N=C\c1ccc(OCc2c(C)cc(C)cc2C)c(OC)c1)c1ccccc1. The summed E-state index contributed by atoms with van der Waals surface area (Å²) in [5, 5.41) is 6.79. The summed E-state index contributed by atoms with van der Waals surface area (Å²) in [6.07, 6.45) is 0.933. The van der Waals surface area contributed by atoms with Crippen LogP contribution in [0, 0.1) is 20.8 Å². The molecule has 38 heavy (non-hydrogen) atoms. The number of carbonyl (C=O) groups excluding carboxylic acids is 2. The van der Waals surface area contributed by atoms with Crippen molar-refractivity contribution in [3.05, 3.63) is 94.0 Å². The number of alkyl carbamates (subject to hydrolysis) is 1. The summed E-state index contributed by atoms with van der Waals surface area (Å²) in [4.78, 5) is 24.5. The molecular formula is C30H35N3O5. The lowest BCUT2D eigenvalue weighted by Gasteiger charge is -2.18. The summed E-state index contributed by atoms with van der Waals surface area (Å²) in [5.74, 6) is 0.817. The molecule has 0 bridgehead atoms. The Balaban J connectivity index is 1.62. The van der Waals surface area contributed by atoms with Crippen LogP contribution in [0.1, 0.15) is 52.8 Å². The van der Waals surface area contributed by atoms with Gasteiger partial charge in [0.05, 0.1) is 32.4 Å². The van der Waals surface area contributed by atoms with E-state index in [0.29, 0.717) is 18.1 Å². The maximum atomic E-state index is 12.6. The van der Waals surface area contributed by atoms with E-state index in [1.165, 1.54) is 22.9 Å². The minimum Gasteiger partial charge on any atom is -0.493 e. The molecule has 0 heterocycles. The van der Waals surface area contributed by atoms with Gasteiger partial charge in [0, 0.05) is 0 Å². The Hall–Kier alpha value is -4.33. The molecule has 8 nitrogen and oxygen atoms in total. The molecular weight excluding hydrogens is 482 g/mol. The Morgan fingerprint density at radius 2 is 1.68 bits per heavy atom. The minimum absolute atomic E-state index is 0.00584. The molecule has 0 unspecified atom stereocenters. The molecule has 2 N–H and O–H groups in total. The molecule has 0 fully saturated rings. The zero-order valence-electron chi connectivity index (χ0n) is 22.5. The average Bonchev–Trinajstić information content (AvgIpc) is 2.88. The highest BCUT2D eigenvalue weighted by Gasteiger charge is 2.19. The van der Waals surface area contributed by atoms with Gasteiger partial charge in [0.1, 0.15) is 6.61 Å². The summed E-state index contributed by atoms with van der Waals surface area (Å²) in [5.41, 5.74) is 8.78. The summed E-state index contributed by atoms with van der Waals surface area (Å²) in [6, 6.07) is 18.4. The van der Waals surface area contributed by atoms with E-state index in [1.807, 2.05) is 42.5 Å². The molecule has 0 radical (unpaired) electrons. The van der Waals surface area contributed by atoms with E-state index in [-0.39, 0.29) is 18.9 Å². The van der Waals surface area contributed by atoms with Crippen LogP contribution >= 0.6 is 0 Å². The quantitative estimate of drug-likeness (QED) is 0.258. The van der Waals surface area contributed by atoms with Gasteiger partial charge in [0.25, 0.3) is 0 Å². The standard InChI is InChI=1S/C30H35N3O5/c1-6-37-30(35)32-26(24-10-8-7-9-11-24)17-29(34)33-31-18-23-12-13-27(28(16-23)36-5)38-19-25-21(3)14-20(2)15-22(25)4/h7-16,18,26H,6,17,19H2,1-5H3,(H,32,35)(H,33,34)/b31-18-/t26-/m1/s1. The van der Waals surface area contributed by atoms with Gasteiger partial charge in [-0.15, -0.1) is 0 Å². The minimum atomic E-state index is -0.584. The number of benzene rings is 3. The third kappa shape index (κ3) is 8.09. The fourth-order valence-electron chi connectivity index (χ4n) is 4.13. The van der Waals surface area contributed by atoms with E-state index in [0.717, 1.165) is 16.7 Å². The number of rotatable bonds is 11. The molecule has 8 heteroatoms. The lowest BCUT2D eigenvalue weighted by atomic mass is 10.0.